The molecule has 4 heteroatoms. The minimum absolute atomic E-state index is 0.177. The van der Waals surface area contributed by atoms with Gasteiger partial charge >= 0.3 is 0 Å². The Morgan fingerprint density at radius 1 is 1.33 bits per heavy atom. The molecule has 2 aromatic rings. The van der Waals surface area contributed by atoms with Crippen LogP contribution in [-0.2, 0) is 0 Å². The van der Waals surface area contributed by atoms with E-state index in [1.54, 1.807) is 11.3 Å². The average Bonchev–Trinajstić information content (AvgIpc) is 2.81. The summed E-state index contributed by atoms with van der Waals surface area (Å²) in [6, 6.07) is 10.00. The molecule has 0 fully saturated rings. The van der Waals surface area contributed by atoms with Gasteiger partial charge in [-0.05, 0) is 43.8 Å². The smallest absolute Gasteiger partial charge is 0.126 e. The van der Waals surface area contributed by atoms with Crippen molar-refractivity contribution in [2.24, 2.45) is 0 Å². The lowest BCUT2D eigenvalue weighted by Crippen LogP contribution is -2.19. The van der Waals surface area contributed by atoms with Gasteiger partial charge in [-0.25, -0.2) is 4.98 Å². The maximum Gasteiger partial charge on any atom is 0.126 e. The number of thiophene rings is 1. The van der Waals surface area contributed by atoms with Crippen molar-refractivity contribution < 1.29 is 5.11 Å². The summed E-state index contributed by atoms with van der Waals surface area (Å²) in [5, 5.41) is 15.4. The van der Waals surface area contributed by atoms with Gasteiger partial charge in [-0.3, -0.25) is 0 Å². The van der Waals surface area contributed by atoms with Crippen LogP contribution in [0.4, 0.5) is 5.82 Å². The van der Waals surface area contributed by atoms with Crippen molar-refractivity contribution in [1.82, 2.24) is 4.98 Å². The Morgan fingerprint density at radius 2 is 2.17 bits per heavy atom. The summed E-state index contributed by atoms with van der Waals surface area (Å²) in [6.07, 6.45) is 0.271. The van der Waals surface area contributed by atoms with Crippen molar-refractivity contribution in [3.8, 4) is 0 Å². The molecule has 0 spiro atoms. The first-order valence-electron chi connectivity index (χ1n) is 6.07. The number of nitrogens with zero attached hydrogens (tertiary/aromatic N) is 1. The van der Waals surface area contributed by atoms with Gasteiger partial charge in [0.05, 0.1) is 6.10 Å². The fourth-order valence-corrected chi connectivity index (χ4v) is 2.59. The van der Waals surface area contributed by atoms with E-state index in [-0.39, 0.29) is 6.04 Å². The Hall–Kier alpha value is -1.39. The van der Waals surface area contributed by atoms with Crippen LogP contribution in [0.15, 0.2) is 35.7 Å². The van der Waals surface area contributed by atoms with E-state index in [4.69, 9.17) is 0 Å². The summed E-state index contributed by atoms with van der Waals surface area (Å²) in [4.78, 5) is 5.41. The quantitative estimate of drug-likeness (QED) is 0.868. The van der Waals surface area contributed by atoms with Gasteiger partial charge in [0.1, 0.15) is 5.82 Å². The SMILES string of the molecule is Cc1cccc(NC(C)CC(O)c2cccs2)n1. The molecule has 2 heterocycles. The maximum atomic E-state index is 10.1. The lowest BCUT2D eigenvalue weighted by atomic mass is 10.1. The molecule has 0 radical (unpaired) electrons. The predicted molar refractivity (Wildman–Crippen MR) is 76.0 cm³/mol. The zero-order chi connectivity index (χ0) is 13.0. The molecule has 0 amide bonds. The fourth-order valence-electron chi connectivity index (χ4n) is 1.87. The first-order chi connectivity index (χ1) is 8.65. The largest absolute Gasteiger partial charge is 0.387 e. The van der Waals surface area contributed by atoms with Crippen LogP contribution in [0.3, 0.4) is 0 Å². The number of rotatable bonds is 5. The lowest BCUT2D eigenvalue weighted by Gasteiger charge is -2.17. The topological polar surface area (TPSA) is 45.1 Å². The third-order valence-electron chi connectivity index (χ3n) is 2.73. The number of hydrogen-bond acceptors (Lipinski definition) is 4. The molecule has 2 atom stereocenters. The van der Waals surface area contributed by atoms with Crippen LogP contribution < -0.4 is 5.32 Å². The maximum absolute atomic E-state index is 10.1. The van der Waals surface area contributed by atoms with Crippen LogP contribution in [0.1, 0.15) is 30.0 Å². The van der Waals surface area contributed by atoms with E-state index in [1.165, 1.54) is 0 Å². The van der Waals surface area contributed by atoms with E-state index in [1.807, 2.05) is 42.6 Å². The van der Waals surface area contributed by atoms with Crippen molar-refractivity contribution in [3.05, 3.63) is 46.3 Å². The van der Waals surface area contributed by atoms with E-state index in [0.29, 0.717) is 6.42 Å². The molecule has 2 aromatic heterocycles. The standard InChI is InChI=1S/C14H18N2OS/c1-10-5-3-7-14(15-10)16-11(2)9-12(17)13-6-4-8-18-13/h3-8,11-12,17H,9H2,1-2H3,(H,15,16). The number of aryl methyl sites for hydroxylation is 1. The number of hydrogen-bond donors (Lipinski definition) is 2. The summed E-state index contributed by atoms with van der Waals surface area (Å²) in [5.74, 6) is 0.862. The number of anilines is 1. The zero-order valence-corrected chi connectivity index (χ0v) is 11.4. The summed E-state index contributed by atoms with van der Waals surface area (Å²) < 4.78 is 0. The average molecular weight is 262 g/mol. The van der Waals surface area contributed by atoms with Crippen molar-refractivity contribution in [3.63, 3.8) is 0 Å². The van der Waals surface area contributed by atoms with E-state index in [2.05, 4.69) is 17.2 Å². The van der Waals surface area contributed by atoms with Gasteiger partial charge in [0, 0.05) is 16.6 Å². The number of aliphatic hydroxyl groups is 1. The molecule has 0 aromatic carbocycles. The van der Waals surface area contributed by atoms with Crippen LogP contribution in [0.2, 0.25) is 0 Å². The van der Waals surface area contributed by atoms with Crippen LogP contribution in [0.25, 0.3) is 0 Å². The third kappa shape index (κ3) is 3.55. The van der Waals surface area contributed by atoms with Crippen LogP contribution in [-0.4, -0.2) is 16.1 Å². The molecule has 2 N–H and O–H groups in total. The highest BCUT2D eigenvalue weighted by molar-refractivity contribution is 7.10. The van der Waals surface area contributed by atoms with Crippen LogP contribution in [0, 0.1) is 6.92 Å². The molecular weight excluding hydrogens is 244 g/mol. The Bertz CT molecular complexity index is 484. The first kappa shape index (κ1) is 13.1. The van der Waals surface area contributed by atoms with Crippen molar-refractivity contribution in [1.29, 1.82) is 0 Å². The molecule has 2 rings (SSSR count). The lowest BCUT2D eigenvalue weighted by molar-refractivity contribution is 0.166. The highest BCUT2D eigenvalue weighted by atomic mass is 32.1. The summed E-state index contributed by atoms with van der Waals surface area (Å²) in [5.41, 5.74) is 0.992. The molecule has 96 valence electrons. The highest BCUT2D eigenvalue weighted by Crippen LogP contribution is 2.23. The van der Waals surface area contributed by atoms with E-state index in [9.17, 15) is 5.11 Å². The molecule has 0 aliphatic carbocycles. The fraction of sp³-hybridized carbons (Fsp3) is 0.357. The first-order valence-corrected chi connectivity index (χ1v) is 6.95. The van der Waals surface area contributed by atoms with Gasteiger partial charge in [0.2, 0.25) is 0 Å². The summed E-state index contributed by atoms with van der Waals surface area (Å²) >= 11 is 1.59. The van der Waals surface area contributed by atoms with Gasteiger partial charge in [-0.2, -0.15) is 0 Å². The normalized spacial score (nSPS) is 14.2. The minimum atomic E-state index is -0.405. The van der Waals surface area contributed by atoms with Gasteiger partial charge in [0.15, 0.2) is 0 Å². The van der Waals surface area contributed by atoms with Crippen molar-refractivity contribution in [2.75, 3.05) is 5.32 Å². The molecule has 3 nitrogen and oxygen atoms in total. The molecule has 0 saturated heterocycles. The Balaban J connectivity index is 1.91. The monoisotopic (exact) mass is 262 g/mol. The Labute approximate surface area is 112 Å². The summed E-state index contributed by atoms with van der Waals surface area (Å²) in [7, 11) is 0. The van der Waals surface area contributed by atoms with Crippen molar-refractivity contribution >= 4 is 17.2 Å². The molecule has 0 bridgehead atoms. The Kier molecular flexibility index (Phi) is 4.33. The molecule has 2 unspecified atom stereocenters. The van der Waals surface area contributed by atoms with Gasteiger partial charge in [-0.1, -0.05) is 12.1 Å². The number of aromatic nitrogens is 1. The molecule has 0 aliphatic rings. The Morgan fingerprint density at radius 3 is 2.83 bits per heavy atom. The predicted octanol–water partition coefficient (Wildman–Crippen LogP) is 3.38. The second kappa shape index (κ2) is 5.98. The third-order valence-corrected chi connectivity index (χ3v) is 3.70. The number of aliphatic hydroxyl groups excluding tert-OH is 1. The summed E-state index contributed by atoms with van der Waals surface area (Å²) in [6.45, 7) is 4.02. The zero-order valence-electron chi connectivity index (χ0n) is 10.6. The number of nitrogens with one attached hydrogen (secondary N) is 1. The molecular formula is C14H18N2OS. The van der Waals surface area contributed by atoms with E-state index in [0.717, 1.165) is 16.4 Å². The van der Waals surface area contributed by atoms with E-state index >= 15 is 0 Å². The molecule has 0 aliphatic heterocycles. The second-order valence-corrected chi connectivity index (χ2v) is 5.46. The van der Waals surface area contributed by atoms with Gasteiger partial charge in [0.25, 0.3) is 0 Å². The van der Waals surface area contributed by atoms with Gasteiger partial charge in [-0.15, -0.1) is 11.3 Å². The van der Waals surface area contributed by atoms with Crippen molar-refractivity contribution in [2.45, 2.75) is 32.4 Å². The molecule has 0 saturated carbocycles. The molecule has 18 heavy (non-hydrogen) atoms. The van der Waals surface area contributed by atoms with Crippen LogP contribution >= 0.6 is 11.3 Å². The van der Waals surface area contributed by atoms with E-state index < -0.39 is 6.10 Å². The van der Waals surface area contributed by atoms with Gasteiger partial charge < -0.3 is 10.4 Å². The second-order valence-electron chi connectivity index (χ2n) is 4.48. The minimum Gasteiger partial charge on any atom is -0.387 e. The highest BCUT2D eigenvalue weighted by Gasteiger charge is 2.13. The number of pyridine rings is 1. The van der Waals surface area contributed by atoms with Crippen LogP contribution in [0.5, 0.6) is 0 Å².